The molecule has 0 spiro atoms. The summed E-state index contributed by atoms with van der Waals surface area (Å²) in [5.41, 5.74) is 5.17. The number of hydrogen-bond acceptors (Lipinski definition) is 4. The summed E-state index contributed by atoms with van der Waals surface area (Å²) in [7, 11) is 0. The number of fused-ring (bicyclic) bond motifs is 1. The first kappa shape index (κ1) is 15.3. The molecule has 2 aromatic rings. The first-order chi connectivity index (χ1) is 10.6. The van der Waals surface area contributed by atoms with E-state index in [4.69, 9.17) is 4.52 Å². The van der Waals surface area contributed by atoms with Crippen LogP contribution >= 0.6 is 0 Å². The van der Waals surface area contributed by atoms with Gasteiger partial charge in [0.05, 0.1) is 5.69 Å². The first-order valence-electron chi connectivity index (χ1n) is 8.07. The summed E-state index contributed by atoms with van der Waals surface area (Å²) < 4.78 is 5.22. The van der Waals surface area contributed by atoms with Crippen LogP contribution in [0.1, 0.15) is 35.1 Å². The normalized spacial score (nSPS) is 16.5. The van der Waals surface area contributed by atoms with Gasteiger partial charge in [-0.05, 0) is 38.3 Å². The highest BCUT2D eigenvalue weighted by Gasteiger charge is 2.18. The fraction of sp³-hybridized carbons (Fsp3) is 0.500. The summed E-state index contributed by atoms with van der Waals surface area (Å²) in [6, 6.07) is 9.23. The van der Waals surface area contributed by atoms with Gasteiger partial charge in [0.25, 0.3) is 0 Å². The highest BCUT2D eigenvalue weighted by atomic mass is 16.5. The Morgan fingerprint density at radius 2 is 2.05 bits per heavy atom. The molecule has 3 rings (SSSR count). The molecule has 1 atom stereocenters. The van der Waals surface area contributed by atoms with Crippen molar-refractivity contribution < 1.29 is 4.52 Å². The average molecular weight is 299 g/mol. The van der Waals surface area contributed by atoms with Crippen LogP contribution in [0.2, 0.25) is 0 Å². The molecule has 0 saturated carbocycles. The monoisotopic (exact) mass is 299 g/mol. The van der Waals surface area contributed by atoms with Crippen LogP contribution in [0.5, 0.6) is 0 Å². The average Bonchev–Trinajstić information content (AvgIpc) is 2.84. The fourth-order valence-corrected chi connectivity index (χ4v) is 3.19. The minimum absolute atomic E-state index is 0.443. The summed E-state index contributed by atoms with van der Waals surface area (Å²) in [6.07, 6.45) is 1.16. The number of aryl methyl sites for hydroxylation is 2. The minimum atomic E-state index is 0.443. The molecule has 0 saturated heterocycles. The lowest BCUT2D eigenvalue weighted by atomic mass is 9.99. The van der Waals surface area contributed by atoms with Crippen LogP contribution in [0.25, 0.3) is 0 Å². The standard InChI is InChI=1S/C18H25N3O/c1-13(19-10-18-14(2)20-22-15(18)3)11-21-9-8-16-6-4-5-7-17(16)12-21/h4-7,13,19H,8-12H2,1-3H3. The van der Waals surface area contributed by atoms with E-state index in [2.05, 4.69) is 46.6 Å². The highest BCUT2D eigenvalue weighted by molar-refractivity contribution is 5.29. The van der Waals surface area contributed by atoms with Gasteiger partial charge in [0.15, 0.2) is 0 Å². The number of hydrogen-bond donors (Lipinski definition) is 1. The molecule has 0 aliphatic carbocycles. The molecule has 4 heteroatoms. The Balaban J connectivity index is 1.52. The van der Waals surface area contributed by atoms with E-state index in [9.17, 15) is 0 Å². The van der Waals surface area contributed by atoms with E-state index in [0.717, 1.165) is 44.1 Å². The Bertz CT molecular complexity index is 616. The van der Waals surface area contributed by atoms with Crippen molar-refractivity contribution in [1.82, 2.24) is 15.4 Å². The van der Waals surface area contributed by atoms with Gasteiger partial charge in [-0.3, -0.25) is 4.90 Å². The van der Waals surface area contributed by atoms with E-state index in [-0.39, 0.29) is 0 Å². The van der Waals surface area contributed by atoms with Gasteiger partial charge in [-0.25, -0.2) is 0 Å². The largest absolute Gasteiger partial charge is 0.361 e. The van der Waals surface area contributed by atoms with Gasteiger partial charge in [0.1, 0.15) is 5.76 Å². The second kappa shape index (κ2) is 6.63. The van der Waals surface area contributed by atoms with E-state index in [0.29, 0.717) is 6.04 Å². The summed E-state index contributed by atoms with van der Waals surface area (Å²) in [5.74, 6) is 0.920. The third-order valence-electron chi connectivity index (χ3n) is 4.55. The fourth-order valence-electron chi connectivity index (χ4n) is 3.19. The number of rotatable bonds is 5. The molecule has 1 unspecified atom stereocenters. The Labute approximate surface area is 132 Å². The van der Waals surface area contributed by atoms with Crippen LogP contribution in [0.4, 0.5) is 0 Å². The van der Waals surface area contributed by atoms with Crippen LogP contribution in [0.3, 0.4) is 0 Å². The number of nitrogens with zero attached hydrogens (tertiary/aromatic N) is 2. The maximum atomic E-state index is 5.22. The molecular weight excluding hydrogens is 274 g/mol. The Morgan fingerprint density at radius 1 is 1.27 bits per heavy atom. The molecule has 1 aliphatic heterocycles. The molecule has 0 fully saturated rings. The van der Waals surface area contributed by atoms with Crippen molar-refractivity contribution in [3.8, 4) is 0 Å². The minimum Gasteiger partial charge on any atom is -0.361 e. The van der Waals surface area contributed by atoms with E-state index < -0.39 is 0 Å². The van der Waals surface area contributed by atoms with Crippen LogP contribution in [-0.4, -0.2) is 29.2 Å². The molecule has 0 radical (unpaired) electrons. The van der Waals surface area contributed by atoms with Crippen molar-refractivity contribution in [2.24, 2.45) is 0 Å². The summed E-state index contributed by atoms with van der Waals surface area (Å²) in [6.45, 7) is 10.3. The first-order valence-corrected chi connectivity index (χ1v) is 8.07. The number of nitrogens with one attached hydrogen (secondary N) is 1. The molecule has 1 N–H and O–H groups in total. The van der Waals surface area contributed by atoms with Crippen molar-refractivity contribution >= 4 is 0 Å². The lowest BCUT2D eigenvalue weighted by Gasteiger charge is -2.31. The Kier molecular flexibility index (Phi) is 4.60. The van der Waals surface area contributed by atoms with Gasteiger partial charge in [-0.1, -0.05) is 29.4 Å². The third kappa shape index (κ3) is 3.39. The smallest absolute Gasteiger partial charge is 0.138 e. The zero-order chi connectivity index (χ0) is 15.5. The second-order valence-electron chi connectivity index (χ2n) is 6.34. The maximum absolute atomic E-state index is 5.22. The van der Waals surface area contributed by atoms with Gasteiger partial charge in [-0.15, -0.1) is 0 Å². The SMILES string of the molecule is Cc1noc(C)c1CNC(C)CN1CCc2ccccc2C1. The quantitative estimate of drug-likeness (QED) is 0.922. The van der Waals surface area contributed by atoms with E-state index in [1.165, 1.54) is 16.7 Å². The van der Waals surface area contributed by atoms with Crippen molar-refractivity contribution in [2.45, 2.75) is 46.3 Å². The van der Waals surface area contributed by atoms with Crippen molar-refractivity contribution in [3.63, 3.8) is 0 Å². The molecule has 1 aliphatic rings. The van der Waals surface area contributed by atoms with Crippen LogP contribution in [0.15, 0.2) is 28.8 Å². The predicted octanol–water partition coefficient (Wildman–Crippen LogP) is 2.83. The second-order valence-corrected chi connectivity index (χ2v) is 6.34. The van der Waals surface area contributed by atoms with Crippen LogP contribution in [-0.2, 0) is 19.5 Å². The molecule has 2 heterocycles. The van der Waals surface area contributed by atoms with Gasteiger partial charge >= 0.3 is 0 Å². The summed E-state index contributed by atoms with van der Waals surface area (Å²) in [5, 5.41) is 7.61. The number of aromatic nitrogens is 1. The lowest BCUT2D eigenvalue weighted by Crippen LogP contribution is -2.41. The van der Waals surface area contributed by atoms with Crippen LogP contribution in [0, 0.1) is 13.8 Å². The van der Waals surface area contributed by atoms with Crippen LogP contribution < -0.4 is 5.32 Å². The topological polar surface area (TPSA) is 41.3 Å². The predicted molar refractivity (Wildman–Crippen MR) is 87.7 cm³/mol. The molecule has 118 valence electrons. The van der Waals surface area contributed by atoms with Gasteiger partial charge < -0.3 is 9.84 Å². The zero-order valence-electron chi connectivity index (χ0n) is 13.7. The summed E-state index contributed by atoms with van der Waals surface area (Å²) >= 11 is 0. The Hall–Kier alpha value is -1.65. The van der Waals surface area contributed by atoms with Gasteiger partial charge in [0.2, 0.25) is 0 Å². The Morgan fingerprint density at radius 3 is 2.77 bits per heavy atom. The molecule has 0 amide bonds. The molecule has 22 heavy (non-hydrogen) atoms. The van der Waals surface area contributed by atoms with E-state index in [1.54, 1.807) is 0 Å². The molecule has 1 aromatic heterocycles. The van der Waals surface area contributed by atoms with E-state index in [1.807, 2.05) is 13.8 Å². The van der Waals surface area contributed by atoms with E-state index >= 15 is 0 Å². The van der Waals surface area contributed by atoms with Gasteiger partial charge in [-0.2, -0.15) is 0 Å². The summed E-state index contributed by atoms with van der Waals surface area (Å²) in [4.78, 5) is 2.54. The van der Waals surface area contributed by atoms with Crippen molar-refractivity contribution in [3.05, 3.63) is 52.4 Å². The molecule has 1 aromatic carbocycles. The van der Waals surface area contributed by atoms with Gasteiger partial charge in [0, 0.05) is 37.8 Å². The maximum Gasteiger partial charge on any atom is 0.138 e. The zero-order valence-corrected chi connectivity index (χ0v) is 13.7. The number of benzene rings is 1. The highest BCUT2D eigenvalue weighted by Crippen LogP contribution is 2.18. The van der Waals surface area contributed by atoms with Crippen molar-refractivity contribution in [2.75, 3.05) is 13.1 Å². The molecule has 4 nitrogen and oxygen atoms in total. The molecule has 0 bridgehead atoms. The third-order valence-corrected chi connectivity index (χ3v) is 4.55. The lowest BCUT2D eigenvalue weighted by molar-refractivity contribution is 0.229. The van der Waals surface area contributed by atoms with Crippen molar-refractivity contribution in [1.29, 1.82) is 0 Å². The molecular formula is C18H25N3O.